The van der Waals surface area contributed by atoms with E-state index in [4.69, 9.17) is 28.9 Å². The number of nitrogens with one attached hydrogen (secondary N) is 2. The van der Waals surface area contributed by atoms with Crippen molar-refractivity contribution in [1.82, 2.24) is 10.2 Å². The van der Waals surface area contributed by atoms with Crippen LogP contribution in [0, 0.1) is 0 Å². The van der Waals surface area contributed by atoms with E-state index in [0.717, 1.165) is 4.47 Å². The topological polar surface area (TPSA) is 83.8 Å². The average Bonchev–Trinajstić information content (AvgIpc) is 2.70. The molecule has 2 aromatic rings. The maximum absolute atomic E-state index is 11.8. The summed E-state index contributed by atoms with van der Waals surface area (Å²) < 4.78 is 0.723. The van der Waals surface area contributed by atoms with Crippen LogP contribution in [0.4, 0.5) is 11.5 Å². The number of anilines is 2. The lowest BCUT2D eigenvalue weighted by Crippen LogP contribution is -2.13. The number of carbonyl (C=O) groups is 1. The van der Waals surface area contributed by atoms with Gasteiger partial charge < -0.3 is 11.1 Å². The van der Waals surface area contributed by atoms with Crippen LogP contribution >= 0.6 is 39.1 Å². The molecule has 0 saturated carbocycles. The van der Waals surface area contributed by atoms with Gasteiger partial charge in [-0.1, -0.05) is 39.1 Å². The summed E-state index contributed by atoms with van der Waals surface area (Å²) in [6, 6.07) is 4.67. The van der Waals surface area contributed by atoms with E-state index in [0.29, 0.717) is 15.7 Å². The number of benzene rings is 1. The quantitative estimate of drug-likeness (QED) is 0.777. The van der Waals surface area contributed by atoms with Crippen molar-refractivity contribution in [3.63, 3.8) is 0 Å². The second kappa shape index (κ2) is 5.17. The SMILES string of the molecule is Nc1cc(C(=O)Nc2c(Cl)cc(Br)cc2Cl)[nH]n1. The fourth-order valence-electron chi connectivity index (χ4n) is 1.30. The molecule has 0 radical (unpaired) electrons. The third kappa shape index (κ3) is 2.77. The van der Waals surface area contributed by atoms with Gasteiger partial charge in [0.05, 0.1) is 15.7 Å². The second-order valence-corrected chi connectivity index (χ2v) is 5.14. The fourth-order valence-corrected chi connectivity index (χ4v) is 2.60. The van der Waals surface area contributed by atoms with E-state index in [1.807, 2.05) is 0 Å². The molecular formula is C10H7BrCl2N4O. The van der Waals surface area contributed by atoms with Crippen LogP contribution in [-0.4, -0.2) is 16.1 Å². The Morgan fingerprint density at radius 2 is 1.94 bits per heavy atom. The lowest BCUT2D eigenvalue weighted by molar-refractivity contribution is 0.102. The van der Waals surface area contributed by atoms with Crippen LogP contribution in [0.5, 0.6) is 0 Å². The van der Waals surface area contributed by atoms with Crippen molar-refractivity contribution in [3.8, 4) is 0 Å². The molecule has 8 heteroatoms. The van der Waals surface area contributed by atoms with Crippen molar-refractivity contribution in [3.05, 3.63) is 38.4 Å². The highest BCUT2D eigenvalue weighted by Crippen LogP contribution is 2.34. The number of hydrogen-bond acceptors (Lipinski definition) is 3. The summed E-state index contributed by atoms with van der Waals surface area (Å²) in [4.78, 5) is 11.8. The zero-order valence-corrected chi connectivity index (χ0v) is 11.9. The molecule has 0 bridgehead atoms. The van der Waals surface area contributed by atoms with E-state index in [-0.39, 0.29) is 11.5 Å². The molecule has 1 heterocycles. The number of hydrogen-bond donors (Lipinski definition) is 3. The zero-order valence-electron chi connectivity index (χ0n) is 8.80. The van der Waals surface area contributed by atoms with Gasteiger partial charge >= 0.3 is 0 Å². The van der Waals surface area contributed by atoms with E-state index in [2.05, 4.69) is 31.4 Å². The van der Waals surface area contributed by atoms with Crippen LogP contribution in [0.15, 0.2) is 22.7 Å². The molecule has 0 atom stereocenters. The highest BCUT2D eigenvalue weighted by molar-refractivity contribution is 9.10. The smallest absolute Gasteiger partial charge is 0.273 e. The first-order valence-electron chi connectivity index (χ1n) is 4.74. The number of halogens is 3. The molecule has 94 valence electrons. The van der Waals surface area contributed by atoms with Crippen LogP contribution in [0.1, 0.15) is 10.5 Å². The Morgan fingerprint density at radius 3 is 2.44 bits per heavy atom. The molecule has 4 N–H and O–H groups in total. The summed E-state index contributed by atoms with van der Waals surface area (Å²) in [5, 5.41) is 9.39. The van der Waals surface area contributed by atoms with Gasteiger partial charge in [-0.2, -0.15) is 5.10 Å². The van der Waals surface area contributed by atoms with Crippen LogP contribution in [0.2, 0.25) is 10.0 Å². The first-order chi connectivity index (χ1) is 8.47. The van der Waals surface area contributed by atoms with Gasteiger partial charge in [0.1, 0.15) is 11.5 Å². The molecule has 1 aromatic heterocycles. The Morgan fingerprint density at radius 1 is 1.33 bits per heavy atom. The molecule has 2 rings (SSSR count). The van der Waals surface area contributed by atoms with Gasteiger partial charge in [-0.25, -0.2) is 0 Å². The van der Waals surface area contributed by atoms with Crippen LogP contribution in [0.25, 0.3) is 0 Å². The van der Waals surface area contributed by atoms with Crippen molar-refractivity contribution in [1.29, 1.82) is 0 Å². The molecule has 0 unspecified atom stereocenters. The maximum Gasteiger partial charge on any atom is 0.273 e. The minimum atomic E-state index is -0.426. The molecule has 18 heavy (non-hydrogen) atoms. The average molecular weight is 350 g/mol. The minimum absolute atomic E-state index is 0.225. The van der Waals surface area contributed by atoms with Gasteiger partial charge in [0, 0.05) is 10.5 Å². The molecule has 5 nitrogen and oxygen atoms in total. The third-order valence-corrected chi connectivity index (χ3v) is 3.14. The van der Waals surface area contributed by atoms with Crippen LogP contribution < -0.4 is 11.1 Å². The fraction of sp³-hybridized carbons (Fsp3) is 0. The highest BCUT2D eigenvalue weighted by atomic mass is 79.9. The summed E-state index contributed by atoms with van der Waals surface area (Å²) in [6.45, 7) is 0. The Balaban J connectivity index is 2.27. The summed E-state index contributed by atoms with van der Waals surface area (Å²) in [6.07, 6.45) is 0. The summed E-state index contributed by atoms with van der Waals surface area (Å²) in [5.74, 6) is -0.196. The van der Waals surface area contributed by atoms with E-state index in [1.165, 1.54) is 6.07 Å². The number of carbonyl (C=O) groups excluding carboxylic acids is 1. The monoisotopic (exact) mass is 348 g/mol. The van der Waals surface area contributed by atoms with Crippen molar-refractivity contribution in [2.24, 2.45) is 0 Å². The summed E-state index contributed by atoms with van der Waals surface area (Å²) in [7, 11) is 0. The number of amides is 1. The van der Waals surface area contributed by atoms with Gasteiger partial charge in [0.15, 0.2) is 0 Å². The van der Waals surface area contributed by atoms with Crippen molar-refractivity contribution in [2.45, 2.75) is 0 Å². The largest absolute Gasteiger partial charge is 0.382 e. The number of H-pyrrole nitrogens is 1. The number of aromatic amines is 1. The van der Waals surface area contributed by atoms with Gasteiger partial charge in [-0.3, -0.25) is 9.89 Å². The van der Waals surface area contributed by atoms with Gasteiger partial charge in [-0.05, 0) is 12.1 Å². The van der Waals surface area contributed by atoms with Gasteiger partial charge in [0.25, 0.3) is 5.91 Å². The molecule has 0 aliphatic heterocycles. The number of nitrogens with two attached hydrogens (primary N) is 1. The van der Waals surface area contributed by atoms with E-state index in [1.54, 1.807) is 12.1 Å². The molecule has 0 spiro atoms. The Kier molecular flexibility index (Phi) is 3.79. The van der Waals surface area contributed by atoms with Gasteiger partial charge in [0.2, 0.25) is 0 Å². The zero-order chi connectivity index (χ0) is 13.3. The molecule has 0 aliphatic rings. The molecular weight excluding hydrogens is 343 g/mol. The highest BCUT2D eigenvalue weighted by Gasteiger charge is 2.14. The first-order valence-corrected chi connectivity index (χ1v) is 6.29. The summed E-state index contributed by atoms with van der Waals surface area (Å²) >= 11 is 15.2. The lowest BCUT2D eigenvalue weighted by atomic mass is 10.3. The Bertz CT molecular complexity index is 591. The van der Waals surface area contributed by atoms with E-state index in [9.17, 15) is 4.79 Å². The summed E-state index contributed by atoms with van der Waals surface area (Å²) in [5.41, 5.74) is 5.97. The second-order valence-electron chi connectivity index (χ2n) is 3.41. The van der Waals surface area contributed by atoms with Crippen molar-refractivity contribution < 1.29 is 4.79 Å². The number of nitrogen functional groups attached to an aromatic ring is 1. The Labute approximate surface area is 121 Å². The lowest BCUT2D eigenvalue weighted by Gasteiger charge is -2.08. The molecule has 1 amide bonds. The van der Waals surface area contributed by atoms with Crippen molar-refractivity contribution in [2.75, 3.05) is 11.1 Å². The molecule has 1 aromatic carbocycles. The van der Waals surface area contributed by atoms with E-state index < -0.39 is 5.91 Å². The number of aromatic nitrogens is 2. The first kappa shape index (κ1) is 13.2. The number of rotatable bonds is 2. The predicted molar refractivity (Wildman–Crippen MR) is 75.1 cm³/mol. The van der Waals surface area contributed by atoms with Crippen molar-refractivity contribution >= 4 is 56.5 Å². The molecule has 0 fully saturated rings. The predicted octanol–water partition coefficient (Wildman–Crippen LogP) is 3.31. The third-order valence-electron chi connectivity index (χ3n) is 2.09. The molecule has 0 aliphatic carbocycles. The molecule has 0 saturated heterocycles. The normalized spacial score (nSPS) is 10.4. The Hall–Kier alpha value is -1.24. The maximum atomic E-state index is 11.8. The minimum Gasteiger partial charge on any atom is -0.382 e. The van der Waals surface area contributed by atoms with Gasteiger partial charge in [-0.15, -0.1) is 0 Å². The van der Waals surface area contributed by atoms with Crippen LogP contribution in [0.3, 0.4) is 0 Å². The standard InChI is InChI=1S/C10H7BrCl2N4O/c11-4-1-5(12)9(6(13)2-4)15-10(18)7-3-8(14)17-16-7/h1-3H,(H,15,18)(H3,14,16,17). The van der Waals surface area contributed by atoms with Crippen LogP contribution in [-0.2, 0) is 0 Å². The number of nitrogens with zero attached hydrogens (tertiary/aromatic N) is 1. The van der Waals surface area contributed by atoms with E-state index >= 15 is 0 Å².